The first kappa shape index (κ1) is 80.8. The number of rotatable bonds is 68. The van der Waals surface area contributed by atoms with Crippen LogP contribution in [-0.4, -0.2) is 74.3 Å². The Kier molecular flexibility index (Phi) is 61.8. The molecule has 0 aliphatic rings. The number of quaternary nitrogens is 1. The highest BCUT2D eigenvalue weighted by atomic mass is 31.2. The molecule has 0 fully saturated rings. The third-order valence-electron chi connectivity index (χ3n) is 17.0. The summed E-state index contributed by atoms with van der Waals surface area (Å²) < 4.78 is 30.8. The molecule has 0 heterocycles. The SMILES string of the molecule is CCCCCCCCCCCC/C=C\C(OC(=O)CCCCCCCCCCCCCCCCCCCCCCCCCCCCC)C(COP(=O)(O)OCC[N+](C)(C)C)NC(=O)CCCCCCCCCCCCCCCCCCC. The summed E-state index contributed by atoms with van der Waals surface area (Å²) in [6, 6.07) is -0.840. The fourth-order valence-corrected chi connectivity index (χ4v) is 12.1. The predicted octanol–water partition coefficient (Wildman–Crippen LogP) is 23.1. The molecule has 1 amide bonds. The summed E-state index contributed by atoms with van der Waals surface area (Å²) in [5, 5.41) is 3.08. The lowest BCUT2D eigenvalue weighted by molar-refractivity contribution is -0.870. The van der Waals surface area contributed by atoms with Crippen LogP contribution in [0.4, 0.5) is 0 Å². The number of hydrogen-bond acceptors (Lipinski definition) is 6. The number of ether oxygens (including phenoxy) is 1. The van der Waals surface area contributed by atoms with E-state index < -0.39 is 20.0 Å². The van der Waals surface area contributed by atoms with Crippen molar-refractivity contribution in [2.75, 3.05) is 40.9 Å². The second kappa shape index (κ2) is 62.8. The van der Waals surface area contributed by atoms with Crippen molar-refractivity contribution < 1.29 is 37.3 Å². The molecular formula is C72H144N2O7P+. The maximum Gasteiger partial charge on any atom is 0.472 e. The zero-order valence-electron chi connectivity index (χ0n) is 56.0. The second-order valence-corrected chi connectivity index (χ2v) is 27.9. The summed E-state index contributed by atoms with van der Waals surface area (Å²) in [7, 11) is 1.52. The lowest BCUT2D eigenvalue weighted by atomic mass is 10.0. The van der Waals surface area contributed by atoms with Crippen molar-refractivity contribution in [2.45, 2.75) is 399 Å². The van der Waals surface area contributed by atoms with E-state index in [0.717, 1.165) is 57.8 Å². The van der Waals surface area contributed by atoms with Gasteiger partial charge in [0.15, 0.2) is 0 Å². The van der Waals surface area contributed by atoms with Crippen molar-refractivity contribution in [3.63, 3.8) is 0 Å². The molecule has 0 aromatic rings. The fraction of sp³-hybridized carbons (Fsp3) is 0.944. The van der Waals surface area contributed by atoms with E-state index in [4.69, 9.17) is 13.8 Å². The van der Waals surface area contributed by atoms with Gasteiger partial charge >= 0.3 is 13.8 Å². The largest absolute Gasteiger partial charge is 0.472 e. The molecule has 0 aliphatic heterocycles. The van der Waals surface area contributed by atoms with Crippen LogP contribution in [0.25, 0.3) is 0 Å². The number of phosphoric acid groups is 1. The van der Waals surface area contributed by atoms with Crippen molar-refractivity contribution >= 4 is 19.7 Å². The van der Waals surface area contributed by atoms with Crippen LogP contribution >= 0.6 is 7.82 Å². The van der Waals surface area contributed by atoms with Crippen LogP contribution in [-0.2, 0) is 27.9 Å². The Morgan fingerprint density at radius 2 is 0.695 bits per heavy atom. The average Bonchev–Trinajstić information content (AvgIpc) is 3.44. The zero-order valence-corrected chi connectivity index (χ0v) is 56.9. The number of nitrogens with zero attached hydrogens (tertiary/aromatic N) is 1. The third-order valence-corrected chi connectivity index (χ3v) is 18.0. The van der Waals surface area contributed by atoms with Crippen molar-refractivity contribution in [1.29, 1.82) is 0 Å². The number of amides is 1. The lowest BCUT2D eigenvalue weighted by Gasteiger charge is -2.27. The molecule has 0 saturated carbocycles. The van der Waals surface area contributed by atoms with Gasteiger partial charge in [-0.1, -0.05) is 354 Å². The Morgan fingerprint density at radius 1 is 0.415 bits per heavy atom. The van der Waals surface area contributed by atoms with Gasteiger partial charge in [0.1, 0.15) is 19.3 Å². The summed E-state index contributed by atoms with van der Waals surface area (Å²) >= 11 is 0. The molecule has 0 bridgehead atoms. The van der Waals surface area contributed by atoms with E-state index in [1.807, 2.05) is 27.2 Å². The highest BCUT2D eigenvalue weighted by molar-refractivity contribution is 7.47. The van der Waals surface area contributed by atoms with Gasteiger partial charge < -0.3 is 19.4 Å². The Hall–Kier alpha value is -1.25. The molecule has 0 radical (unpaired) electrons. The minimum Gasteiger partial charge on any atom is -0.456 e. The molecule has 488 valence electrons. The van der Waals surface area contributed by atoms with Crippen molar-refractivity contribution in [3.05, 3.63) is 12.2 Å². The summed E-state index contributed by atoms with van der Waals surface area (Å²) in [5.41, 5.74) is 0. The number of nitrogens with one attached hydrogen (secondary N) is 1. The first-order chi connectivity index (χ1) is 39.9. The Balaban J connectivity index is 4.93. The molecular weight excluding hydrogens is 1040 g/mol. The maximum absolute atomic E-state index is 13.6. The van der Waals surface area contributed by atoms with Gasteiger partial charge in [0.25, 0.3) is 0 Å². The standard InChI is InChI=1S/C72H143N2O7P/c1-7-10-13-16-19-22-25-28-30-32-33-34-35-36-37-38-39-40-41-43-45-47-50-53-56-59-62-65-72(76)81-70(63-60-57-54-51-48-27-24-21-18-15-12-9-3)69(68-80-82(77,78)79-67-66-74(4,5)6)73-71(75)64-61-58-55-52-49-46-44-42-31-29-26-23-20-17-14-11-8-2/h60,63,69-70H,7-59,61-62,64-68H2,1-6H3,(H-,73,75,77,78)/p+1/b63-60-. The van der Waals surface area contributed by atoms with Crippen LogP contribution in [0.2, 0.25) is 0 Å². The van der Waals surface area contributed by atoms with E-state index in [0.29, 0.717) is 23.9 Å². The van der Waals surface area contributed by atoms with Crippen LogP contribution < -0.4 is 5.32 Å². The van der Waals surface area contributed by atoms with Gasteiger partial charge in [-0.15, -0.1) is 0 Å². The molecule has 82 heavy (non-hydrogen) atoms. The van der Waals surface area contributed by atoms with Gasteiger partial charge in [0.05, 0.1) is 33.8 Å². The third kappa shape index (κ3) is 63.3. The lowest BCUT2D eigenvalue weighted by Crippen LogP contribution is -2.47. The minimum absolute atomic E-state index is 0.0461. The molecule has 2 N–H and O–H groups in total. The number of phosphoric ester groups is 1. The summed E-state index contributed by atoms with van der Waals surface area (Å²) in [6.07, 6.45) is 75.2. The van der Waals surface area contributed by atoms with E-state index in [2.05, 4.69) is 32.2 Å². The number of carbonyl (C=O) groups is 2. The summed E-state index contributed by atoms with van der Waals surface area (Å²) in [4.78, 5) is 37.9. The quantitative estimate of drug-likeness (QED) is 0.0205. The Labute approximate surface area is 511 Å². The monoisotopic (exact) mass is 1180 g/mol. The molecule has 3 atom stereocenters. The van der Waals surface area contributed by atoms with Crippen LogP contribution in [0.3, 0.4) is 0 Å². The van der Waals surface area contributed by atoms with Gasteiger partial charge in [0.2, 0.25) is 5.91 Å². The maximum atomic E-state index is 13.6. The smallest absolute Gasteiger partial charge is 0.456 e. The normalized spacial score (nSPS) is 13.5. The van der Waals surface area contributed by atoms with Crippen molar-refractivity contribution in [3.8, 4) is 0 Å². The molecule has 3 unspecified atom stereocenters. The summed E-state index contributed by atoms with van der Waals surface area (Å²) in [5.74, 6) is -0.477. The van der Waals surface area contributed by atoms with Gasteiger partial charge in [-0.2, -0.15) is 0 Å². The Bertz CT molecular complexity index is 1410. The Morgan fingerprint density at radius 3 is 1.00 bits per heavy atom. The van der Waals surface area contributed by atoms with Crippen molar-refractivity contribution in [1.82, 2.24) is 5.32 Å². The van der Waals surface area contributed by atoms with E-state index >= 15 is 0 Å². The first-order valence-corrected chi connectivity index (χ1v) is 38.0. The second-order valence-electron chi connectivity index (χ2n) is 26.5. The molecule has 10 heteroatoms. The number of unbranched alkanes of at least 4 members (excludes halogenated alkanes) is 52. The summed E-state index contributed by atoms with van der Waals surface area (Å²) in [6.45, 7) is 7.09. The van der Waals surface area contributed by atoms with Crippen LogP contribution in [0, 0.1) is 0 Å². The van der Waals surface area contributed by atoms with Gasteiger partial charge in [-0.25, -0.2) is 4.57 Å². The van der Waals surface area contributed by atoms with Gasteiger partial charge in [0, 0.05) is 12.8 Å². The molecule has 0 saturated heterocycles. The van der Waals surface area contributed by atoms with E-state index in [-0.39, 0.29) is 25.1 Å². The van der Waals surface area contributed by atoms with Crippen LogP contribution in [0.5, 0.6) is 0 Å². The number of carbonyl (C=O) groups excluding carboxylic acids is 2. The number of allylic oxidation sites excluding steroid dienone is 1. The average molecular weight is 1180 g/mol. The minimum atomic E-state index is -4.45. The van der Waals surface area contributed by atoms with E-state index in [9.17, 15) is 19.0 Å². The molecule has 0 aromatic heterocycles. The molecule has 0 spiro atoms. The van der Waals surface area contributed by atoms with Gasteiger partial charge in [-0.3, -0.25) is 18.6 Å². The number of hydrogen-bond donors (Lipinski definition) is 2. The highest BCUT2D eigenvalue weighted by Crippen LogP contribution is 2.43. The predicted molar refractivity (Wildman–Crippen MR) is 356 cm³/mol. The van der Waals surface area contributed by atoms with Crippen LogP contribution in [0.1, 0.15) is 387 Å². The number of esters is 1. The zero-order chi connectivity index (χ0) is 60.0. The van der Waals surface area contributed by atoms with Crippen molar-refractivity contribution in [2.24, 2.45) is 0 Å². The molecule has 0 aromatic carbocycles. The van der Waals surface area contributed by atoms with E-state index in [1.165, 1.54) is 295 Å². The molecule has 0 rings (SSSR count). The van der Waals surface area contributed by atoms with Crippen LogP contribution in [0.15, 0.2) is 12.2 Å². The molecule has 9 nitrogen and oxygen atoms in total. The highest BCUT2D eigenvalue weighted by Gasteiger charge is 2.30. The topological polar surface area (TPSA) is 111 Å². The molecule has 0 aliphatic carbocycles. The van der Waals surface area contributed by atoms with E-state index in [1.54, 1.807) is 0 Å². The fourth-order valence-electron chi connectivity index (χ4n) is 11.4. The first-order valence-electron chi connectivity index (χ1n) is 36.5. The van der Waals surface area contributed by atoms with Gasteiger partial charge in [-0.05, 0) is 31.8 Å². The number of likely N-dealkylation sites (N-methyl/N-ethyl adjacent to an activating group) is 1.